The van der Waals surface area contributed by atoms with Crippen LogP contribution >= 0.6 is 0 Å². The van der Waals surface area contributed by atoms with Crippen LogP contribution < -0.4 is 5.32 Å². The lowest BCUT2D eigenvalue weighted by molar-refractivity contribution is 0.0261. The monoisotopic (exact) mass is 265 g/mol. The van der Waals surface area contributed by atoms with E-state index >= 15 is 0 Å². The highest BCUT2D eigenvalue weighted by molar-refractivity contribution is 5.23. The van der Waals surface area contributed by atoms with Crippen LogP contribution in [0, 0.1) is 5.82 Å². The van der Waals surface area contributed by atoms with Crippen LogP contribution in [0.25, 0.3) is 0 Å². The fourth-order valence-electron chi connectivity index (χ4n) is 2.63. The Labute approximate surface area is 115 Å². The summed E-state index contributed by atoms with van der Waals surface area (Å²) in [5.74, 6) is 0.364. The van der Waals surface area contributed by atoms with Crippen molar-refractivity contribution in [2.24, 2.45) is 0 Å². The Morgan fingerprint density at radius 1 is 1.21 bits per heavy atom. The zero-order valence-corrected chi connectivity index (χ0v) is 11.8. The van der Waals surface area contributed by atoms with E-state index in [4.69, 9.17) is 0 Å². The Bertz CT molecular complexity index is 394. The molecular weight excluding hydrogens is 241 g/mol. The molecule has 0 saturated heterocycles. The Balaban J connectivity index is 1.76. The molecule has 0 spiro atoms. The molecule has 1 fully saturated rings. The molecule has 2 rings (SSSR count). The van der Waals surface area contributed by atoms with Gasteiger partial charge in [-0.15, -0.1) is 0 Å². The quantitative estimate of drug-likeness (QED) is 0.828. The molecule has 0 bridgehead atoms. The first-order chi connectivity index (χ1) is 9.06. The summed E-state index contributed by atoms with van der Waals surface area (Å²) in [6, 6.07) is 7.31. The van der Waals surface area contributed by atoms with E-state index < -0.39 is 5.60 Å². The first-order valence-electron chi connectivity index (χ1n) is 7.27. The van der Waals surface area contributed by atoms with Gasteiger partial charge >= 0.3 is 0 Å². The van der Waals surface area contributed by atoms with Crippen molar-refractivity contribution in [2.45, 2.75) is 57.1 Å². The minimum absolute atomic E-state index is 0.172. The van der Waals surface area contributed by atoms with Gasteiger partial charge < -0.3 is 10.4 Å². The standard InChI is InChI=1S/C16H24FNO/c1-3-16(19,4-2)11-18-15-9-13(10-15)12-5-7-14(17)8-6-12/h5-8,13,15,18-19H,3-4,9-11H2,1-2H3. The molecule has 1 aliphatic rings. The second-order valence-corrected chi connectivity index (χ2v) is 5.73. The largest absolute Gasteiger partial charge is 0.389 e. The third kappa shape index (κ3) is 3.54. The van der Waals surface area contributed by atoms with Crippen molar-refractivity contribution < 1.29 is 9.50 Å². The summed E-state index contributed by atoms with van der Waals surface area (Å²) >= 11 is 0. The molecule has 19 heavy (non-hydrogen) atoms. The molecule has 1 aromatic rings. The number of halogens is 1. The van der Waals surface area contributed by atoms with Crippen molar-refractivity contribution in [3.63, 3.8) is 0 Å². The van der Waals surface area contributed by atoms with E-state index in [0.29, 0.717) is 18.5 Å². The molecule has 1 aromatic carbocycles. The molecule has 0 heterocycles. The summed E-state index contributed by atoms with van der Waals surface area (Å²) in [4.78, 5) is 0. The van der Waals surface area contributed by atoms with Crippen molar-refractivity contribution in [1.29, 1.82) is 0 Å². The molecule has 3 heteroatoms. The van der Waals surface area contributed by atoms with Crippen LogP contribution in [0.5, 0.6) is 0 Å². The molecule has 1 aliphatic carbocycles. The minimum atomic E-state index is -0.568. The average molecular weight is 265 g/mol. The van der Waals surface area contributed by atoms with Gasteiger partial charge in [-0.2, -0.15) is 0 Å². The van der Waals surface area contributed by atoms with Crippen molar-refractivity contribution in [3.8, 4) is 0 Å². The van der Waals surface area contributed by atoms with Crippen molar-refractivity contribution >= 4 is 0 Å². The van der Waals surface area contributed by atoms with Crippen LogP contribution in [0.4, 0.5) is 4.39 Å². The molecule has 0 aliphatic heterocycles. The molecular formula is C16H24FNO. The highest BCUT2D eigenvalue weighted by Gasteiger charge is 2.32. The predicted octanol–water partition coefficient (Wildman–Crippen LogP) is 3.21. The van der Waals surface area contributed by atoms with E-state index in [0.717, 1.165) is 25.7 Å². The predicted molar refractivity (Wildman–Crippen MR) is 75.7 cm³/mol. The Hall–Kier alpha value is -0.930. The first kappa shape index (κ1) is 14.5. The van der Waals surface area contributed by atoms with Gasteiger partial charge in [0, 0.05) is 12.6 Å². The van der Waals surface area contributed by atoms with Gasteiger partial charge in [-0.1, -0.05) is 26.0 Å². The maximum Gasteiger partial charge on any atom is 0.123 e. The molecule has 106 valence electrons. The van der Waals surface area contributed by atoms with Gasteiger partial charge in [-0.3, -0.25) is 0 Å². The molecule has 0 amide bonds. The first-order valence-corrected chi connectivity index (χ1v) is 7.27. The summed E-state index contributed by atoms with van der Waals surface area (Å²) in [5.41, 5.74) is 0.654. The molecule has 2 nitrogen and oxygen atoms in total. The number of hydrogen-bond acceptors (Lipinski definition) is 2. The fraction of sp³-hybridized carbons (Fsp3) is 0.625. The van der Waals surface area contributed by atoms with Crippen molar-refractivity contribution in [1.82, 2.24) is 5.32 Å². The summed E-state index contributed by atoms with van der Waals surface area (Å²) in [6.45, 7) is 4.71. The van der Waals surface area contributed by atoms with Gasteiger partial charge in [-0.05, 0) is 49.3 Å². The normalized spacial score (nSPS) is 23.2. The third-order valence-electron chi connectivity index (χ3n) is 4.52. The Morgan fingerprint density at radius 2 is 1.79 bits per heavy atom. The lowest BCUT2D eigenvalue weighted by Crippen LogP contribution is -2.48. The highest BCUT2D eigenvalue weighted by atomic mass is 19.1. The van der Waals surface area contributed by atoms with E-state index in [2.05, 4.69) is 5.32 Å². The second kappa shape index (κ2) is 6.02. The Kier molecular flexibility index (Phi) is 4.58. The number of rotatable bonds is 6. The minimum Gasteiger partial charge on any atom is -0.389 e. The van der Waals surface area contributed by atoms with Crippen LogP contribution in [0.15, 0.2) is 24.3 Å². The lowest BCUT2D eigenvalue weighted by atomic mass is 9.75. The van der Waals surface area contributed by atoms with Gasteiger partial charge in [0.25, 0.3) is 0 Å². The number of hydrogen-bond donors (Lipinski definition) is 2. The smallest absolute Gasteiger partial charge is 0.123 e. The van der Waals surface area contributed by atoms with E-state index in [-0.39, 0.29) is 5.82 Å². The molecule has 0 atom stereocenters. The van der Waals surface area contributed by atoms with E-state index in [9.17, 15) is 9.50 Å². The summed E-state index contributed by atoms with van der Waals surface area (Å²) in [7, 11) is 0. The van der Waals surface area contributed by atoms with Crippen molar-refractivity contribution in [2.75, 3.05) is 6.54 Å². The molecule has 0 aromatic heterocycles. The van der Waals surface area contributed by atoms with Crippen LogP contribution in [-0.4, -0.2) is 23.3 Å². The number of nitrogens with one attached hydrogen (secondary N) is 1. The van der Waals surface area contributed by atoms with Gasteiger partial charge in [0.2, 0.25) is 0 Å². The molecule has 2 N–H and O–H groups in total. The van der Waals surface area contributed by atoms with Crippen molar-refractivity contribution in [3.05, 3.63) is 35.6 Å². The summed E-state index contributed by atoms with van der Waals surface area (Å²) in [5, 5.41) is 13.7. The van der Waals surface area contributed by atoms with Gasteiger partial charge in [0.1, 0.15) is 5.82 Å². The van der Waals surface area contributed by atoms with Gasteiger partial charge in [0.05, 0.1) is 5.60 Å². The zero-order valence-electron chi connectivity index (χ0n) is 11.8. The number of benzene rings is 1. The SMILES string of the molecule is CCC(O)(CC)CNC1CC(c2ccc(F)cc2)C1. The average Bonchev–Trinajstić information content (AvgIpc) is 2.38. The number of aliphatic hydroxyl groups is 1. The van der Waals surface area contributed by atoms with E-state index in [1.807, 2.05) is 26.0 Å². The van der Waals surface area contributed by atoms with Gasteiger partial charge in [0.15, 0.2) is 0 Å². The summed E-state index contributed by atoms with van der Waals surface area (Å²) in [6.07, 6.45) is 3.72. The van der Waals surface area contributed by atoms with Crippen LogP contribution in [-0.2, 0) is 0 Å². The molecule has 1 saturated carbocycles. The summed E-state index contributed by atoms with van der Waals surface area (Å²) < 4.78 is 12.8. The van der Waals surface area contributed by atoms with E-state index in [1.54, 1.807) is 0 Å². The highest BCUT2D eigenvalue weighted by Crippen LogP contribution is 2.37. The van der Waals surface area contributed by atoms with Crippen LogP contribution in [0.3, 0.4) is 0 Å². The van der Waals surface area contributed by atoms with Gasteiger partial charge in [-0.25, -0.2) is 4.39 Å². The van der Waals surface area contributed by atoms with Crippen LogP contribution in [0.2, 0.25) is 0 Å². The fourth-order valence-corrected chi connectivity index (χ4v) is 2.63. The molecule has 0 radical (unpaired) electrons. The molecule has 0 unspecified atom stereocenters. The maximum atomic E-state index is 12.8. The topological polar surface area (TPSA) is 32.3 Å². The Morgan fingerprint density at radius 3 is 2.32 bits per heavy atom. The second-order valence-electron chi connectivity index (χ2n) is 5.73. The lowest BCUT2D eigenvalue weighted by Gasteiger charge is -2.38. The van der Waals surface area contributed by atoms with E-state index in [1.165, 1.54) is 17.7 Å². The zero-order chi connectivity index (χ0) is 13.9. The van der Waals surface area contributed by atoms with Crippen LogP contribution in [0.1, 0.15) is 51.0 Å². The maximum absolute atomic E-state index is 12.8. The third-order valence-corrected chi connectivity index (χ3v) is 4.52.